The zero-order valence-electron chi connectivity index (χ0n) is 7.67. The van der Waals surface area contributed by atoms with Crippen LogP contribution in [0, 0.1) is 10.1 Å². The number of nitro groups is 1. The minimum Gasteiger partial charge on any atom is -0.479 e. The normalized spacial score (nSPS) is 11.3. The van der Waals surface area contributed by atoms with Gasteiger partial charge < -0.3 is 5.11 Å². The van der Waals surface area contributed by atoms with Crippen molar-refractivity contribution in [3.63, 3.8) is 0 Å². The Balaban J connectivity index is 3.09. The van der Waals surface area contributed by atoms with Crippen molar-refractivity contribution >= 4 is 11.7 Å². The number of nitrogens with zero attached hydrogens (tertiary/aromatic N) is 3. The molecule has 0 unspecified atom stereocenters. The number of aromatic nitrogens is 2. The van der Waals surface area contributed by atoms with Crippen LogP contribution in [0.15, 0.2) is 12.4 Å². The second-order valence-electron chi connectivity index (χ2n) is 3.26. The van der Waals surface area contributed by atoms with Crippen LogP contribution in [0.2, 0.25) is 0 Å². The van der Waals surface area contributed by atoms with Gasteiger partial charge in [0.25, 0.3) is 0 Å². The lowest BCUT2D eigenvalue weighted by Gasteiger charge is -2.18. The Morgan fingerprint density at radius 1 is 1.71 bits per heavy atom. The van der Waals surface area contributed by atoms with Gasteiger partial charge in [0.05, 0.1) is 4.92 Å². The van der Waals surface area contributed by atoms with E-state index < -0.39 is 16.4 Å². The number of carbonyl (C=O) groups is 1. The van der Waals surface area contributed by atoms with Gasteiger partial charge in [-0.1, -0.05) is 0 Å². The first-order valence-corrected chi connectivity index (χ1v) is 3.78. The molecule has 0 amide bonds. The molecule has 0 atom stereocenters. The van der Waals surface area contributed by atoms with Crippen molar-refractivity contribution in [1.29, 1.82) is 0 Å². The summed E-state index contributed by atoms with van der Waals surface area (Å²) in [5.41, 5.74) is -1.51. The first-order valence-electron chi connectivity index (χ1n) is 3.78. The maximum Gasteiger partial charge on any atom is 0.331 e. The molecule has 0 aliphatic carbocycles. The van der Waals surface area contributed by atoms with Crippen LogP contribution in [0.25, 0.3) is 0 Å². The molecule has 1 aromatic rings. The Bertz CT molecular complexity index is 382. The lowest BCUT2D eigenvalue weighted by molar-refractivity contribution is -0.385. The second kappa shape index (κ2) is 3.09. The predicted octanol–water partition coefficient (Wildman–Crippen LogP) is 0.611. The number of hydrogen-bond donors (Lipinski definition) is 1. The van der Waals surface area contributed by atoms with E-state index >= 15 is 0 Å². The summed E-state index contributed by atoms with van der Waals surface area (Å²) >= 11 is 0. The molecule has 0 bridgehead atoms. The van der Waals surface area contributed by atoms with Crippen molar-refractivity contribution in [3.8, 4) is 0 Å². The predicted molar refractivity (Wildman–Crippen MR) is 45.8 cm³/mol. The summed E-state index contributed by atoms with van der Waals surface area (Å²) in [6, 6.07) is 0. The molecule has 76 valence electrons. The number of carboxylic acid groups (broad SMARTS) is 1. The highest BCUT2D eigenvalue weighted by atomic mass is 16.6. The van der Waals surface area contributed by atoms with Gasteiger partial charge in [-0.2, -0.15) is 5.10 Å². The molecule has 7 nitrogen and oxygen atoms in total. The lowest BCUT2D eigenvalue weighted by atomic mass is 10.1. The highest BCUT2D eigenvalue weighted by Gasteiger charge is 2.31. The van der Waals surface area contributed by atoms with Crippen molar-refractivity contribution in [3.05, 3.63) is 22.5 Å². The average molecular weight is 199 g/mol. The van der Waals surface area contributed by atoms with Gasteiger partial charge >= 0.3 is 11.7 Å². The smallest absolute Gasteiger partial charge is 0.331 e. The van der Waals surface area contributed by atoms with Gasteiger partial charge in [-0.15, -0.1) is 0 Å². The molecule has 7 heteroatoms. The Morgan fingerprint density at radius 2 is 2.29 bits per heavy atom. The van der Waals surface area contributed by atoms with Crippen LogP contribution < -0.4 is 0 Å². The minimum atomic E-state index is -1.28. The third-order valence-corrected chi connectivity index (χ3v) is 1.88. The van der Waals surface area contributed by atoms with Crippen LogP contribution in [0.3, 0.4) is 0 Å². The third kappa shape index (κ3) is 1.56. The lowest BCUT2D eigenvalue weighted by Crippen LogP contribution is -2.35. The van der Waals surface area contributed by atoms with Crippen molar-refractivity contribution in [2.75, 3.05) is 0 Å². The summed E-state index contributed by atoms with van der Waals surface area (Å²) in [4.78, 5) is 20.5. The maximum atomic E-state index is 10.8. The summed E-state index contributed by atoms with van der Waals surface area (Å²) in [5, 5.41) is 22.8. The van der Waals surface area contributed by atoms with Crippen LogP contribution in [0.1, 0.15) is 13.8 Å². The zero-order chi connectivity index (χ0) is 10.9. The molecule has 0 saturated heterocycles. The molecule has 0 aliphatic heterocycles. The van der Waals surface area contributed by atoms with Crippen LogP contribution in [-0.4, -0.2) is 25.8 Å². The van der Waals surface area contributed by atoms with E-state index in [0.29, 0.717) is 0 Å². The van der Waals surface area contributed by atoms with E-state index in [9.17, 15) is 14.9 Å². The topological polar surface area (TPSA) is 98.3 Å². The van der Waals surface area contributed by atoms with E-state index in [0.717, 1.165) is 17.1 Å². The minimum absolute atomic E-state index is 0.223. The first-order chi connectivity index (χ1) is 6.35. The third-order valence-electron chi connectivity index (χ3n) is 1.88. The van der Waals surface area contributed by atoms with Gasteiger partial charge in [-0.25, -0.2) is 9.48 Å². The highest BCUT2D eigenvalue weighted by Crippen LogP contribution is 2.18. The average Bonchev–Trinajstić information content (AvgIpc) is 2.51. The fourth-order valence-corrected chi connectivity index (χ4v) is 0.811. The van der Waals surface area contributed by atoms with E-state index in [4.69, 9.17) is 5.11 Å². The Morgan fingerprint density at radius 3 is 2.64 bits per heavy atom. The number of carboxylic acids is 1. The van der Waals surface area contributed by atoms with E-state index in [1.165, 1.54) is 13.8 Å². The summed E-state index contributed by atoms with van der Waals surface area (Å²) in [6.45, 7) is 2.82. The Hall–Kier alpha value is -1.92. The largest absolute Gasteiger partial charge is 0.479 e. The van der Waals surface area contributed by atoms with E-state index in [1.54, 1.807) is 0 Å². The molecule has 0 saturated carbocycles. The van der Waals surface area contributed by atoms with Gasteiger partial charge in [0, 0.05) is 0 Å². The number of aliphatic carboxylic acids is 1. The molecule has 0 spiro atoms. The van der Waals surface area contributed by atoms with Crippen molar-refractivity contribution in [1.82, 2.24) is 9.78 Å². The van der Waals surface area contributed by atoms with Crippen molar-refractivity contribution < 1.29 is 14.8 Å². The first kappa shape index (κ1) is 10.2. The fourth-order valence-electron chi connectivity index (χ4n) is 0.811. The van der Waals surface area contributed by atoms with Crippen LogP contribution >= 0.6 is 0 Å². The number of hydrogen-bond acceptors (Lipinski definition) is 4. The van der Waals surface area contributed by atoms with Gasteiger partial charge in [-0.3, -0.25) is 10.1 Å². The summed E-state index contributed by atoms with van der Waals surface area (Å²) in [5.74, 6) is -1.10. The molecule has 0 fully saturated rings. The summed E-state index contributed by atoms with van der Waals surface area (Å²) < 4.78 is 1.05. The van der Waals surface area contributed by atoms with Gasteiger partial charge in [0.1, 0.15) is 12.4 Å². The molecule has 1 heterocycles. The molecule has 0 aliphatic rings. The second-order valence-corrected chi connectivity index (χ2v) is 3.26. The molecule has 1 aromatic heterocycles. The van der Waals surface area contributed by atoms with Crippen LogP contribution in [0.4, 0.5) is 5.69 Å². The van der Waals surface area contributed by atoms with Crippen molar-refractivity contribution in [2.24, 2.45) is 0 Å². The quantitative estimate of drug-likeness (QED) is 0.568. The summed E-state index contributed by atoms with van der Waals surface area (Å²) in [6.07, 6.45) is 2.11. The van der Waals surface area contributed by atoms with E-state index in [1.807, 2.05) is 0 Å². The Kier molecular flexibility index (Phi) is 2.24. The Labute approximate surface area is 79.1 Å². The molecule has 14 heavy (non-hydrogen) atoms. The standard InChI is InChI=1S/C7H9N3O4/c1-7(2,6(11)12)9-4-5(3-8-9)10(13)14/h3-4H,1-2H3,(H,11,12). The molecule has 1 rings (SSSR count). The zero-order valence-corrected chi connectivity index (χ0v) is 7.67. The molecule has 0 aromatic carbocycles. The van der Waals surface area contributed by atoms with Crippen LogP contribution in [-0.2, 0) is 10.3 Å². The van der Waals surface area contributed by atoms with E-state index in [-0.39, 0.29) is 5.69 Å². The molecule has 1 N–H and O–H groups in total. The van der Waals surface area contributed by atoms with E-state index in [2.05, 4.69) is 5.10 Å². The fraction of sp³-hybridized carbons (Fsp3) is 0.429. The SMILES string of the molecule is CC(C)(C(=O)O)n1cc([N+](=O)[O-])cn1. The molecular formula is C7H9N3O4. The molecular weight excluding hydrogens is 190 g/mol. The highest BCUT2D eigenvalue weighted by molar-refractivity contribution is 5.75. The van der Waals surface area contributed by atoms with Gasteiger partial charge in [0.2, 0.25) is 0 Å². The van der Waals surface area contributed by atoms with Crippen molar-refractivity contribution in [2.45, 2.75) is 19.4 Å². The van der Waals surface area contributed by atoms with Crippen LogP contribution in [0.5, 0.6) is 0 Å². The maximum absolute atomic E-state index is 10.8. The van der Waals surface area contributed by atoms with Gasteiger partial charge in [-0.05, 0) is 13.8 Å². The monoisotopic (exact) mass is 199 g/mol. The van der Waals surface area contributed by atoms with Gasteiger partial charge in [0.15, 0.2) is 5.54 Å². The number of rotatable bonds is 3. The summed E-state index contributed by atoms with van der Waals surface area (Å²) in [7, 11) is 0. The molecule has 0 radical (unpaired) electrons.